The van der Waals surface area contributed by atoms with Gasteiger partial charge >= 0.3 is 0 Å². The molecule has 2 aromatic rings. The van der Waals surface area contributed by atoms with Crippen molar-refractivity contribution < 1.29 is 14.5 Å². The summed E-state index contributed by atoms with van der Waals surface area (Å²) in [4.78, 5) is 36.7. The lowest BCUT2D eigenvalue weighted by atomic mass is 9.78. The standard InChI is InChI=1S/C21H16N2O4/c1-11-17(12(2)24)18(15-9-5-6-10-16(15)23(26)27)19-20(22-11)13-7-3-4-8-14(13)21(19)25/h3-10,18,22H,1-2H3/t18-/m0/s1. The minimum absolute atomic E-state index is 0.105. The highest BCUT2D eigenvalue weighted by atomic mass is 16.6. The minimum atomic E-state index is -0.778. The Morgan fingerprint density at radius 3 is 2.37 bits per heavy atom. The molecule has 6 heteroatoms. The van der Waals surface area contributed by atoms with Crippen LogP contribution in [0.25, 0.3) is 5.70 Å². The van der Waals surface area contributed by atoms with Crippen LogP contribution in [0.2, 0.25) is 0 Å². The molecule has 1 N–H and O–H groups in total. The maximum atomic E-state index is 13.2. The van der Waals surface area contributed by atoms with Crippen molar-refractivity contribution in [2.75, 3.05) is 0 Å². The van der Waals surface area contributed by atoms with Gasteiger partial charge in [0.1, 0.15) is 0 Å². The molecular weight excluding hydrogens is 344 g/mol. The third-order valence-electron chi connectivity index (χ3n) is 5.07. The number of dihydropyridines is 1. The van der Waals surface area contributed by atoms with Crippen LogP contribution >= 0.6 is 0 Å². The van der Waals surface area contributed by atoms with Crippen molar-refractivity contribution in [3.05, 3.63) is 92.2 Å². The Labute approximate surface area is 155 Å². The molecular formula is C21H16N2O4. The molecule has 2 aliphatic rings. The van der Waals surface area contributed by atoms with Crippen LogP contribution in [0.1, 0.15) is 41.3 Å². The minimum Gasteiger partial charge on any atom is -0.358 e. The van der Waals surface area contributed by atoms with Gasteiger partial charge in [-0.1, -0.05) is 42.5 Å². The third-order valence-corrected chi connectivity index (χ3v) is 5.07. The van der Waals surface area contributed by atoms with Gasteiger partial charge in [0.15, 0.2) is 11.6 Å². The lowest BCUT2D eigenvalue weighted by molar-refractivity contribution is -0.385. The summed E-state index contributed by atoms with van der Waals surface area (Å²) in [5.74, 6) is -1.21. The van der Waals surface area contributed by atoms with Crippen molar-refractivity contribution in [1.29, 1.82) is 0 Å². The Morgan fingerprint density at radius 2 is 1.70 bits per heavy atom. The van der Waals surface area contributed by atoms with E-state index in [4.69, 9.17) is 0 Å². The Hall–Kier alpha value is -3.54. The maximum absolute atomic E-state index is 13.2. The number of benzene rings is 2. The van der Waals surface area contributed by atoms with E-state index in [0.29, 0.717) is 33.7 Å². The van der Waals surface area contributed by atoms with Crippen molar-refractivity contribution in [3.8, 4) is 0 Å². The van der Waals surface area contributed by atoms with Crippen molar-refractivity contribution in [1.82, 2.24) is 5.32 Å². The number of carbonyl (C=O) groups is 2. The van der Waals surface area contributed by atoms with Crippen LogP contribution in [-0.2, 0) is 4.79 Å². The van der Waals surface area contributed by atoms with Crippen LogP contribution in [-0.4, -0.2) is 16.5 Å². The molecule has 2 aromatic carbocycles. The van der Waals surface area contributed by atoms with Crippen LogP contribution in [0.5, 0.6) is 0 Å². The molecule has 27 heavy (non-hydrogen) atoms. The zero-order valence-corrected chi connectivity index (χ0v) is 14.8. The van der Waals surface area contributed by atoms with E-state index in [-0.39, 0.29) is 17.3 Å². The van der Waals surface area contributed by atoms with Crippen molar-refractivity contribution >= 4 is 23.0 Å². The Bertz CT molecular complexity index is 1090. The second-order valence-corrected chi connectivity index (χ2v) is 6.63. The van der Waals surface area contributed by atoms with E-state index in [1.165, 1.54) is 13.0 Å². The van der Waals surface area contributed by atoms with Gasteiger partial charge in [-0.15, -0.1) is 0 Å². The zero-order valence-electron chi connectivity index (χ0n) is 14.8. The molecule has 0 fully saturated rings. The zero-order chi connectivity index (χ0) is 19.3. The highest BCUT2D eigenvalue weighted by Crippen LogP contribution is 2.48. The quantitative estimate of drug-likeness (QED) is 0.665. The number of hydrogen-bond acceptors (Lipinski definition) is 5. The summed E-state index contributed by atoms with van der Waals surface area (Å²) in [6, 6.07) is 13.5. The van der Waals surface area contributed by atoms with Gasteiger partial charge in [0.25, 0.3) is 5.69 Å². The molecule has 0 aromatic heterocycles. The number of Topliss-reactive ketones (excluding diaryl/α,β-unsaturated/α-hetero) is 2. The van der Waals surface area contributed by atoms with Gasteiger partial charge < -0.3 is 5.32 Å². The molecule has 1 aliphatic carbocycles. The van der Waals surface area contributed by atoms with E-state index in [0.717, 1.165) is 5.56 Å². The normalized spacial score (nSPS) is 18.1. The van der Waals surface area contributed by atoms with E-state index in [2.05, 4.69) is 5.32 Å². The summed E-state index contributed by atoms with van der Waals surface area (Å²) < 4.78 is 0. The van der Waals surface area contributed by atoms with Crippen LogP contribution in [0, 0.1) is 10.1 Å². The number of allylic oxidation sites excluding steroid dienone is 3. The van der Waals surface area contributed by atoms with Crippen molar-refractivity contribution in [2.24, 2.45) is 0 Å². The molecule has 0 bridgehead atoms. The summed E-state index contributed by atoms with van der Waals surface area (Å²) in [5.41, 5.74) is 3.54. The maximum Gasteiger partial charge on any atom is 0.273 e. The Balaban J connectivity index is 2.02. The Morgan fingerprint density at radius 1 is 1.07 bits per heavy atom. The number of nitrogens with zero attached hydrogens (tertiary/aromatic N) is 1. The van der Waals surface area contributed by atoms with Gasteiger partial charge in [0, 0.05) is 39.6 Å². The predicted octanol–water partition coefficient (Wildman–Crippen LogP) is 3.75. The summed E-state index contributed by atoms with van der Waals surface area (Å²) in [7, 11) is 0. The van der Waals surface area contributed by atoms with E-state index in [9.17, 15) is 19.7 Å². The van der Waals surface area contributed by atoms with E-state index in [1.807, 2.05) is 12.1 Å². The molecule has 4 rings (SSSR count). The first-order valence-corrected chi connectivity index (χ1v) is 8.52. The molecule has 0 radical (unpaired) electrons. The summed E-state index contributed by atoms with van der Waals surface area (Å²) in [6.45, 7) is 3.17. The lowest BCUT2D eigenvalue weighted by Gasteiger charge is -2.29. The monoisotopic (exact) mass is 360 g/mol. The summed E-state index contributed by atoms with van der Waals surface area (Å²) in [6.07, 6.45) is 0. The van der Waals surface area contributed by atoms with Crippen LogP contribution < -0.4 is 5.32 Å². The highest BCUT2D eigenvalue weighted by Gasteiger charge is 2.43. The lowest BCUT2D eigenvalue weighted by Crippen LogP contribution is -2.28. The summed E-state index contributed by atoms with van der Waals surface area (Å²) in [5, 5.41) is 14.8. The van der Waals surface area contributed by atoms with Crippen LogP contribution in [0.15, 0.2) is 65.4 Å². The van der Waals surface area contributed by atoms with Gasteiger partial charge in [-0.2, -0.15) is 0 Å². The number of nitrogens with one attached hydrogen (secondary N) is 1. The van der Waals surface area contributed by atoms with Crippen molar-refractivity contribution in [2.45, 2.75) is 19.8 Å². The van der Waals surface area contributed by atoms with Crippen molar-refractivity contribution in [3.63, 3.8) is 0 Å². The van der Waals surface area contributed by atoms with Gasteiger partial charge in [-0.25, -0.2) is 0 Å². The second kappa shape index (κ2) is 6.02. The van der Waals surface area contributed by atoms with E-state index < -0.39 is 10.8 Å². The first-order chi connectivity index (χ1) is 12.9. The number of nitro groups is 1. The number of rotatable bonds is 3. The largest absolute Gasteiger partial charge is 0.358 e. The van der Waals surface area contributed by atoms with Crippen LogP contribution in [0.3, 0.4) is 0 Å². The fraction of sp³-hybridized carbons (Fsp3) is 0.143. The number of nitro benzene ring substituents is 1. The number of fused-ring (bicyclic) bond motifs is 2. The first kappa shape index (κ1) is 16.9. The molecule has 0 saturated carbocycles. The van der Waals surface area contributed by atoms with E-state index in [1.54, 1.807) is 37.3 Å². The molecule has 1 atom stereocenters. The molecule has 134 valence electrons. The first-order valence-electron chi connectivity index (χ1n) is 8.52. The van der Waals surface area contributed by atoms with Gasteiger partial charge in [0.2, 0.25) is 0 Å². The van der Waals surface area contributed by atoms with E-state index >= 15 is 0 Å². The highest BCUT2D eigenvalue weighted by molar-refractivity contribution is 6.23. The summed E-state index contributed by atoms with van der Waals surface area (Å²) >= 11 is 0. The molecule has 1 heterocycles. The van der Waals surface area contributed by atoms with Gasteiger partial charge in [-0.3, -0.25) is 19.7 Å². The SMILES string of the molecule is CC(=O)C1=C(C)NC2=C(C(=O)c3ccccc32)[C@H]1c1ccccc1[N+](=O)[O-]. The fourth-order valence-electron chi connectivity index (χ4n) is 4.00. The van der Waals surface area contributed by atoms with Gasteiger partial charge in [0.05, 0.1) is 16.5 Å². The van der Waals surface area contributed by atoms with Gasteiger partial charge in [-0.05, 0) is 13.8 Å². The third kappa shape index (κ3) is 2.41. The molecule has 6 nitrogen and oxygen atoms in total. The average molecular weight is 360 g/mol. The smallest absolute Gasteiger partial charge is 0.273 e. The second-order valence-electron chi connectivity index (χ2n) is 6.63. The molecule has 0 amide bonds. The molecule has 1 aliphatic heterocycles. The van der Waals surface area contributed by atoms with Crippen LogP contribution in [0.4, 0.5) is 5.69 Å². The average Bonchev–Trinajstić information content (AvgIpc) is 2.93. The predicted molar refractivity (Wildman–Crippen MR) is 100 cm³/mol. The number of hydrogen-bond donors (Lipinski definition) is 1. The fourth-order valence-corrected chi connectivity index (χ4v) is 4.00. The number of ketones is 2. The number of carbonyl (C=O) groups excluding carboxylic acids is 2. The number of para-hydroxylation sites is 1. The Kier molecular flexibility index (Phi) is 3.77. The molecule has 0 unspecified atom stereocenters. The molecule has 0 saturated heterocycles. The molecule has 0 spiro atoms. The topological polar surface area (TPSA) is 89.3 Å².